The summed E-state index contributed by atoms with van der Waals surface area (Å²) in [5.41, 5.74) is 0.215. The van der Waals surface area contributed by atoms with Crippen LogP contribution in [0, 0.1) is 17.6 Å². The molecular formula is C15H20F2N2. The standard InChI is InChI=1S/C15H20F2N2/c1-10(15-12(16)3-2-4-13(15)17)19-8-6-14-11(9-19)5-7-18-14/h2-4,10-11,14,18H,5-9H2,1H3. The maximum Gasteiger partial charge on any atom is 0.130 e. The molecule has 0 radical (unpaired) electrons. The molecule has 0 spiro atoms. The zero-order valence-electron chi connectivity index (χ0n) is 11.2. The van der Waals surface area contributed by atoms with Crippen LogP contribution in [0.2, 0.25) is 0 Å². The lowest BCUT2D eigenvalue weighted by molar-refractivity contribution is 0.118. The monoisotopic (exact) mass is 266 g/mol. The van der Waals surface area contributed by atoms with Gasteiger partial charge in [-0.15, -0.1) is 0 Å². The second kappa shape index (κ2) is 5.17. The van der Waals surface area contributed by atoms with Crippen molar-refractivity contribution in [2.75, 3.05) is 19.6 Å². The van der Waals surface area contributed by atoms with E-state index in [0.29, 0.717) is 12.0 Å². The molecule has 19 heavy (non-hydrogen) atoms. The minimum absolute atomic E-state index is 0.192. The van der Waals surface area contributed by atoms with Crippen molar-refractivity contribution in [1.29, 1.82) is 0 Å². The highest BCUT2D eigenvalue weighted by Crippen LogP contribution is 2.32. The minimum Gasteiger partial charge on any atom is -0.314 e. The van der Waals surface area contributed by atoms with E-state index >= 15 is 0 Å². The average molecular weight is 266 g/mol. The highest BCUT2D eigenvalue weighted by molar-refractivity contribution is 5.23. The molecule has 3 rings (SSSR count). The molecule has 1 aromatic rings. The van der Waals surface area contributed by atoms with Gasteiger partial charge in [-0.3, -0.25) is 4.90 Å². The van der Waals surface area contributed by atoms with Crippen molar-refractivity contribution in [3.05, 3.63) is 35.4 Å². The predicted octanol–water partition coefficient (Wildman–Crippen LogP) is 2.71. The van der Waals surface area contributed by atoms with Crippen LogP contribution in [0.1, 0.15) is 31.4 Å². The summed E-state index contributed by atoms with van der Waals surface area (Å²) in [6, 6.07) is 4.53. The molecule has 0 saturated carbocycles. The van der Waals surface area contributed by atoms with Crippen LogP contribution in [0.5, 0.6) is 0 Å². The van der Waals surface area contributed by atoms with Crippen molar-refractivity contribution in [2.24, 2.45) is 5.92 Å². The van der Waals surface area contributed by atoms with Gasteiger partial charge in [0, 0.05) is 30.7 Å². The van der Waals surface area contributed by atoms with E-state index in [1.54, 1.807) is 0 Å². The number of fused-ring (bicyclic) bond motifs is 1. The Bertz CT molecular complexity index is 443. The van der Waals surface area contributed by atoms with Crippen molar-refractivity contribution < 1.29 is 8.78 Å². The molecule has 2 aliphatic heterocycles. The molecule has 3 unspecified atom stereocenters. The summed E-state index contributed by atoms with van der Waals surface area (Å²) in [5, 5.41) is 3.51. The Kier molecular flexibility index (Phi) is 3.54. The molecule has 4 heteroatoms. The molecule has 104 valence electrons. The minimum atomic E-state index is -0.431. The molecular weight excluding hydrogens is 246 g/mol. The highest BCUT2D eigenvalue weighted by Gasteiger charge is 2.35. The first-order chi connectivity index (χ1) is 9.16. The molecule has 2 fully saturated rings. The molecule has 3 atom stereocenters. The van der Waals surface area contributed by atoms with Crippen molar-refractivity contribution in [2.45, 2.75) is 31.8 Å². The van der Waals surface area contributed by atoms with Gasteiger partial charge in [0.1, 0.15) is 11.6 Å². The second-order valence-electron chi connectivity index (χ2n) is 5.70. The van der Waals surface area contributed by atoms with E-state index in [1.807, 2.05) is 6.92 Å². The number of hydrogen-bond donors (Lipinski definition) is 1. The normalized spacial score (nSPS) is 29.2. The molecule has 2 saturated heterocycles. The zero-order valence-corrected chi connectivity index (χ0v) is 11.2. The summed E-state index contributed by atoms with van der Waals surface area (Å²) >= 11 is 0. The van der Waals surface area contributed by atoms with Gasteiger partial charge in [-0.25, -0.2) is 8.78 Å². The summed E-state index contributed by atoms with van der Waals surface area (Å²) in [6.07, 6.45) is 2.25. The van der Waals surface area contributed by atoms with Gasteiger partial charge in [0.25, 0.3) is 0 Å². The molecule has 0 aliphatic carbocycles. The summed E-state index contributed by atoms with van der Waals surface area (Å²) in [7, 11) is 0. The van der Waals surface area contributed by atoms with E-state index in [-0.39, 0.29) is 11.6 Å². The predicted molar refractivity (Wildman–Crippen MR) is 70.9 cm³/mol. The van der Waals surface area contributed by atoms with E-state index in [9.17, 15) is 8.78 Å². The molecule has 0 amide bonds. The fourth-order valence-electron chi connectivity index (χ4n) is 3.52. The second-order valence-corrected chi connectivity index (χ2v) is 5.70. The Morgan fingerprint density at radius 1 is 1.26 bits per heavy atom. The third-order valence-corrected chi connectivity index (χ3v) is 4.65. The smallest absolute Gasteiger partial charge is 0.130 e. The number of nitrogens with one attached hydrogen (secondary N) is 1. The van der Waals surface area contributed by atoms with E-state index < -0.39 is 11.6 Å². The van der Waals surface area contributed by atoms with Gasteiger partial charge in [0.15, 0.2) is 0 Å². The van der Waals surface area contributed by atoms with Gasteiger partial charge in [-0.2, -0.15) is 0 Å². The third kappa shape index (κ3) is 2.39. The van der Waals surface area contributed by atoms with Crippen molar-refractivity contribution in [1.82, 2.24) is 10.2 Å². The first-order valence-electron chi connectivity index (χ1n) is 7.08. The Hall–Kier alpha value is -1.00. The maximum atomic E-state index is 13.8. The van der Waals surface area contributed by atoms with Crippen LogP contribution in [0.25, 0.3) is 0 Å². The highest BCUT2D eigenvalue weighted by atomic mass is 19.1. The average Bonchev–Trinajstić information content (AvgIpc) is 2.85. The largest absolute Gasteiger partial charge is 0.314 e. The van der Waals surface area contributed by atoms with Crippen molar-refractivity contribution in [3.63, 3.8) is 0 Å². The van der Waals surface area contributed by atoms with Crippen LogP contribution < -0.4 is 5.32 Å². The summed E-state index contributed by atoms with van der Waals surface area (Å²) < 4.78 is 27.7. The zero-order chi connectivity index (χ0) is 13.4. The van der Waals surface area contributed by atoms with Gasteiger partial charge in [-0.05, 0) is 44.4 Å². The van der Waals surface area contributed by atoms with Gasteiger partial charge in [0.05, 0.1) is 0 Å². The van der Waals surface area contributed by atoms with Gasteiger partial charge in [-0.1, -0.05) is 6.07 Å². The van der Waals surface area contributed by atoms with Crippen LogP contribution in [0.15, 0.2) is 18.2 Å². The third-order valence-electron chi connectivity index (χ3n) is 4.65. The lowest BCUT2D eigenvalue weighted by Crippen LogP contribution is -2.45. The van der Waals surface area contributed by atoms with Crippen LogP contribution in [0.4, 0.5) is 8.78 Å². The first kappa shape index (κ1) is 13.0. The SMILES string of the molecule is CC(c1c(F)cccc1F)N1CCC2NCCC2C1. The first-order valence-corrected chi connectivity index (χ1v) is 7.08. The van der Waals surface area contributed by atoms with E-state index in [2.05, 4.69) is 10.2 Å². The Morgan fingerprint density at radius 3 is 2.74 bits per heavy atom. The Morgan fingerprint density at radius 2 is 2.00 bits per heavy atom. The van der Waals surface area contributed by atoms with E-state index in [1.165, 1.54) is 24.6 Å². The summed E-state index contributed by atoms with van der Waals surface area (Å²) in [5.74, 6) is -0.232. The lowest BCUT2D eigenvalue weighted by Gasteiger charge is -2.38. The van der Waals surface area contributed by atoms with Gasteiger partial charge < -0.3 is 5.32 Å². The number of halogens is 2. The van der Waals surface area contributed by atoms with Gasteiger partial charge >= 0.3 is 0 Å². The van der Waals surface area contributed by atoms with E-state index in [4.69, 9.17) is 0 Å². The van der Waals surface area contributed by atoms with Crippen LogP contribution >= 0.6 is 0 Å². The molecule has 2 nitrogen and oxygen atoms in total. The summed E-state index contributed by atoms with van der Waals surface area (Å²) in [4.78, 5) is 2.22. The number of benzene rings is 1. The number of likely N-dealkylation sites (tertiary alicyclic amines) is 1. The fraction of sp³-hybridized carbons (Fsp3) is 0.600. The van der Waals surface area contributed by atoms with Crippen LogP contribution in [-0.2, 0) is 0 Å². The number of nitrogens with zero attached hydrogens (tertiary/aromatic N) is 1. The Balaban J connectivity index is 1.78. The maximum absolute atomic E-state index is 13.8. The molecule has 2 heterocycles. The summed E-state index contributed by atoms with van der Waals surface area (Å²) in [6.45, 7) is 4.82. The molecule has 1 aromatic carbocycles. The molecule has 0 aromatic heterocycles. The quantitative estimate of drug-likeness (QED) is 0.885. The Labute approximate surface area is 112 Å². The number of piperidine rings is 1. The topological polar surface area (TPSA) is 15.3 Å². The van der Waals surface area contributed by atoms with Crippen molar-refractivity contribution in [3.8, 4) is 0 Å². The van der Waals surface area contributed by atoms with Crippen molar-refractivity contribution >= 4 is 0 Å². The molecule has 1 N–H and O–H groups in total. The molecule has 0 bridgehead atoms. The van der Waals surface area contributed by atoms with Gasteiger partial charge in [0.2, 0.25) is 0 Å². The van der Waals surface area contributed by atoms with Crippen LogP contribution in [0.3, 0.4) is 0 Å². The molecule has 2 aliphatic rings. The van der Waals surface area contributed by atoms with E-state index in [0.717, 1.165) is 26.1 Å². The lowest BCUT2D eigenvalue weighted by atomic mass is 9.91. The van der Waals surface area contributed by atoms with Crippen LogP contribution in [-0.4, -0.2) is 30.6 Å². The number of rotatable bonds is 2. The number of hydrogen-bond acceptors (Lipinski definition) is 2. The fourth-order valence-corrected chi connectivity index (χ4v) is 3.52.